The predicted octanol–water partition coefficient (Wildman–Crippen LogP) is 1.29. The minimum Gasteiger partial charge on any atom is -0.391 e. The summed E-state index contributed by atoms with van der Waals surface area (Å²) in [6.45, 7) is -0.874. The highest BCUT2D eigenvalue weighted by Gasteiger charge is 2.29. The maximum absolute atomic E-state index is 12.4. The summed E-state index contributed by atoms with van der Waals surface area (Å²) in [5.74, 6) is 0. The normalized spacial score (nSPS) is 10.2. The fourth-order valence-electron chi connectivity index (χ4n) is 1.18. The zero-order chi connectivity index (χ0) is 12.3. The van der Waals surface area contributed by atoms with Crippen LogP contribution >= 0.6 is 0 Å². The lowest BCUT2D eigenvalue weighted by molar-refractivity contribution is -0.387. The number of nitriles is 1. The van der Waals surface area contributed by atoms with Gasteiger partial charge in [0.2, 0.25) is 0 Å². The van der Waals surface area contributed by atoms with E-state index in [1.165, 1.54) is 6.07 Å². The van der Waals surface area contributed by atoms with E-state index in [0.29, 0.717) is 0 Å². The molecule has 1 N–H and O–H groups in total. The standard InChI is InChI=1S/C8H5F2N3O3/c9-8(10)6-7(13(15)16)5(3-14)4(1-11)2-12-6/h2,8,14H,3H2. The molecule has 0 bridgehead atoms. The molecule has 1 rings (SSSR count). The molecule has 1 aromatic heterocycles. The summed E-state index contributed by atoms with van der Waals surface area (Å²) in [5, 5.41) is 28.0. The molecule has 0 saturated heterocycles. The van der Waals surface area contributed by atoms with Crippen molar-refractivity contribution < 1.29 is 18.8 Å². The van der Waals surface area contributed by atoms with Gasteiger partial charge >= 0.3 is 5.69 Å². The predicted molar refractivity (Wildman–Crippen MR) is 46.5 cm³/mol. The molecule has 0 unspecified atom stereocenters. The van der Waals surface area contributed by atoms with E-state index in [4.69, 9.17) is 10.4 Å². The lowest BCUT2D eigenvalue weighted by Crippen LogP contribution is -2.06. The Kier molecular flexibility index (Phi) is 3.42. The van der Waals surface area contributed by atoms with Crippen LogP contribution in [0.4, 0.5) is 14.5 Å². The second kappa shape index (κ2) is 4.59. The summed E-state index contributed by atoms with van der Waals surface area (Å²) in [6.07, 6.45) is -2.36. The molecule has 0 atom stereocenters. The van der Waals surface area contributed by atoms with Crippen LogP contribution in [0.2, 0.25) is 0 Å². The Morgan fingerprint density at radius 3 is 2.69 bits per heavy atom. The van der Waals surface area contributed by atoms with Gasteiger partial charge in [-0.05, 0) is 0 Å². The number of pyridine rings is 1. The molecule has 0 amide bonds. The van der Waals surface area contributed by atoms with Gasteiger partial charge in [0.25, 0.3) is 6.43 Å². The minimum absolute atomic E-state index is 0.293. The van der Waals surface area contributed by atoms with Gasteiger partial charge in [0.15, 0.2) is 5.69 Å². The first-order chi connectivity index (χ1) is 7.52. The van der Waals surface area contributed by atoms with Gasteiger partial charge in [-0.25, -0.2) is 13.8 Å². The van der Waals surface area contributed by atoms with E-state index in [9.17, 15) is 18.9 Å². The van der Waals surface area contributed by atoms with Crippen LogP contribution in [0, 0.1) is 21.4 Å². The van der Waals surface area contributed by atoms with Gasteiger partial charge in [-0.2, -0.15) is 5.26 Å². The summed E-state index contributed by atoms with van der Waals surface area (Å²) in [4.78, 5) is 12.7. The van der Waals surface area contributed by atoms with Crippen molar-refractivity contribution in [1.82, 2.24) is 4.98 Å². The quantitative estimate of drug-likeness (QED) is 0.621. The van der Waals surface area contributed by atoms with E-state index in [-0.39, 0.29) is 5.56 Å². The Bertz CT molecular complexity index is 470. The van der Waals surface area contributed by atoms with E-state index < -0.39 is 34.9 Å². The zero-order valence-electron chi connectivity index (χ0n) is 7.72. The smallest absolute Gasteiger partial charge is 0.303 e. The van der Waals surface area contributed by atoms with Crippen LogP contribution in [-0.4, -0.2) is 15.0 Å². The molecule has 1 aromatic rings. The largest absolute Gasteiger partial charge is 0.391 e. The first-order valence-corrected chi connectivity index (χ1v) is 3.98. The van der Waals surface area contributed by atoms with Crippen molar-refractivity contribution in [3.63, 3.8) is 0 Å². The average Bonchev–Trinajstić information content (AvgIpc) is 2.26. The summed E-state index contributed by atoms with van der Waals surface area (Å²) >= 11 is 0. The number of alkyl halides is 2. The van der Waals surface area contributed by atoms with Gasteiger partial charge in [0.1, 0.15) is 6.07 Å². The van der Waals surface area contributed by atoms with Crippen molar-refractivity contribution in [1.29, 1.82) is 5.26 Å². The maximum Gasteiger partial charge on any atom is 0.303 e. The van der Waals surface area contributed by atoms with Crippen LogP contribution in [0.15, 0.2) is 6.20 Å². The number of hydrogen-bond acceptors (Lipinski definition) is 5. The Morgan fingerprint density at radius 2 is 2.31 bits per heavy atom. The molecule has 8 heteroatoms. The molecule has 1 heterocycles. The lowest BCUT2D eigenvalue weighted by atomic mass is 10.1. The topological polar surface area (TPSA) is 100 Å². The summed E-state index contributed by atoms with van der Waals surface area (Å²) in [7, 11) is 0. The minimum atomic E-state index is -3.14. The van der Waals surface area contributed by atoms with Crippen LogP contribution in [0.25, 0.3) is 0 Å². The van der Waals surface area contributed by atoms with Crippen LogP contribution in [-0.2, 0) is 6.61 Å². The maximum atomic E-state index is 12.4. The fourth-order valence-corrected chi connectivity index (χ4v) is 1.18. The molecular weight excluding hydrogens is 224 g/mol. The molecule has 0 spiro atoms. The highest BCUT2D eigenvalue weighted by Crippen LogP contribution is 2.31. The molecule has 84 valence electrons. The van der Waals surface area contributed by atoms with Gasteiger partial charge < -0.3 is 5.11 Å². The third-order valence-corrected chi connectivity index (χ3v) is 1.85. The molecule has 0 aromatic carbocycles. The monoisotopic (exact) mass is 229 g/mol. The first-order valence-electron chi connectivity index (χ1n) is 3.98. The zero-order valence-corrected chi connectivity index (χ0v) is 7.72. The number of aliphatic hydroxyl groups excluding tert-OH is 1. The van der Waals surface area contributed by atoms with Crippen LogP contribution in [0.3, 0.4) is 0 Å². The number of nitro groups is 1. The van der Waals surface area contributed by atoms with E-state index in [2.05, 4.69) is 4.98 Å². The van der Waals surface area contributed by atoms with Crippen LogP contribution in [0.1, 0.15) is 23.2 Å². The highest BCUT2D eigenvalue weighted by atomic mass is 19.3. The lowest BCUT2D eigenvalue weighted by Gasteiger charge is -2.05. The number of halogens is 2. The number of aliphatic hydroxyl groups is 1. The number of hydrogen-bond donors (Lipinski definition) is 1. The van der Waals surface area contributed by atoms with Crippen molar-refractivity contribution in [3.05, 3.63) is 33.1 Å². The molecule has 0 aliphatic carbocycles. The highest BCUT2D eigenvalue weighted by molar-refractivity contribution is 5.52. The summed E-state index contributed by atoms with van der Waals surface area (Å²) in [6, 6.07) is 1.54. The molecule has 16 heavy (non-hydrogen) atoms. The van der Waals surface area contributed by atoms with Gasteiger partial charge in [0, 0.05) is 6.20 Å². The Labute approximate surface area is 87.9 Å². The van der Waals surface area contributed by atoms with E-state index in [1.54, 1.807) is 0 Å². The van der Waals surface area contributed by atoms with Crippen molar-refractivity contribution in [2.24, 2.45) is 0 Å². The molecule has 0 aliphatic heterocycles. The number of rotatable bonds is 3. The van der Waals surface area contributed by atoms with Crippen LogP contribution < -0.4 is 0 Å². The van der Waals surface area contributed by atoms with Gasteiger partial charge in [-0.15, -0.1) is 0 Å². The van der Waals surface area contributed by atoms with Crippen molar-refractivity contribution >= 4 is 5.69 Å². The van der Waals surface area contributed by atoms with Crippen molar-refractivity contribution in [2.45, 2.75) is 13.0 Å². The molecule has 0 saturated carbocycles. The van der Waals surface area contributed by atoms with Crippen molar-refractivity contribution in [2.75, 3.05) is 0 Å². The van der Waals surface area contributed by atoms with E-state index in [1.807, 2.05) is 0 Å². The third-order valence-electron chi connectivity index (χ3n) is 1.85. The van der Waals surface area contributed by atoms with Crippen LogP contribution in [0.5, 0.6) is 0 Å². The average molecular weight is 229 g/mol. The fraction of sp³-hybridized carbons (Fsp3) is 0.250. The Balaban J connectivity index is 3.58. The SMILES string of the molecule is N#Cc1cnc(C(F)F)c([N+](=O)[O-])c1CO. The van der Waals surface area contributed by atoms with Crippen molar-refractivity contribution in [3.8, 4) is 6.07 Å². The molecule has 0 fully saturated rings. The Morgan fingerprint density at radius 1 is 1.69 bits per heavy atom. The van der Waals surface area contributed by atoms with Gasteiger partial charge in [-0.3, -0.25) is 10.1 Å². The molecule has 6 nitrogen and oxygen atoms in total. The molecular formula is C8H5F2N3O3. The summed E-state index contributed by atoms with van der Waals surface area (Å²) in [5.41, 5.74) is -2.79. The third kappa shape index (κ3) is 1.94. The van der Waals surface area contributed by atoms with Gasteiger partial charge in [0.05, 0.1) is 22.7 Å². The van der Waals surface area contributed by atoms with Gasteiger partial charge in [-0.1, -0.05) is 0 Å². The Hall–Kier alpha value is -2.14. The first kappa shape index (κ1) is 11.9. The van der Waals surface area contributed by atoms with E-state index >= 15 is 0 Å². The molecule has 0 aliphatic rings. The number of aromatic nitrogens is 1. The second-order valence-electron chi connectivity index (χ2n) is 2.71. The molecule has 0 radical (unpaired) electrons. The number of nitrogens with zero attached hydrogens (tertiary/aromatic N) is 3. The second-order valence-corrected chi connectivity index (χ2v) is 2.71. The summed E-state index contributed by atoms with van der Waals surface area (Å²) < 4.78 is 24.8. The van der Waals surface area contributed by atoms with E-state index in [0.717, 1.165) is 6.20 Å².